The highest BCUT2D eigenvalue weighted by Gasteiger charge is 2.13. The molecule has 7 heteroatoms. The summed E-state index contributed by atoms with van der Waals surface area (Å²) < 4.78 is 10.7. The van der Waals surface area contributed by atoms with E-state index in [1.807, 2.05) is 18.2 Å². The third-order valence-electron chi connectivity index (χ3n) is 3.62. The summed E-state index contributed by atoms with van der Waals surface area (Å²) in [4.78, 5) is 8.86. The molecule has 1 aromatic carbocycles. The molecule has 0 spiro atoms. The van der Waals surface area contributed by atoms with Crippen LogP contribution in [0.15, 0.2) is 28.6 Å². The van der Waals surface area contributed by atoms with E-state index in [-0.39, 0.29) is 0 Å². The lowest BCUT2D eigenvalue weighted by Gasteiger charge is -2.11. The van der Waals surface area contributed by atoms with Crippen LogP contribution >= 0.6 is 11.3 Å². The molecule has 0 atom stereocenters. The Morgan fingerprint density at radius 2 is 2.04 bits per heavy atom. The summed E-state index contributed by atoms with van der Waals surface area (Å²) in [5.41, 5.74) is 2.15. The summed E-state index contributed by atoms with van der Waals surface area (Å²) in [5.74, 6) is 2.80. The topological polar surface area (TPSA) is 67.8 Å². The molecular weight excluding hydrogens is 324 g/mol. The lowest BCUT2D eigenvalue weighted by atomic mass is 10.2. The largest absolute Gasteiger partial charge is 0.454 e. The molecule has 0 aliphatic carbocycles. The summed E-state index contributed by atoms with van der Waals surface area (Å²) in [5, 5.41) is 9.84. The van der Waals surface area contributed by atoms with Crippen LogP contribution in [0.5, 0.6) is 11.5 Å². The van der Waals surface area contributed by atoms with Crippen LogP contribution in [0.2, 0.25) is 0 Å². The van der Waals surface area contributed by atoms with Gasteiger partial charge >= 0.3 is 0 Å². The first-order chi connectivity index (χ1) is 11.7. The van der Waals surface area contributed by atoms with Crippen LogP contribution in [0, 0.1) is 0 Å². The second-order valence-electron chi connectivity index (χ2n) is 5.80. The third kappa shape index (κ3) is 3.97. The van der Waals surface area contributed by atoms with Crippen LogP contribution in [0.3, 0.4) is 0 Å². The molecule has 2 N–H and O–H groups in total. The monoisotopic (exact) mass is 346 g/mol. The van der Waals surface area contributed by atoms with Gasteiger partial charge in [-0.2, -0.15) is 0 Å². The second kappa shape index (κ2) is 7.53. The minimum Gasteiger partial charge on any atom is -0.454 e. The van der Waals surface area contributed by atoms with Gasteiger partial charge in [0.2, 0.25) is 6.79 Å². The number of aromatic nitrogens is 1. The smallest absolute Gasteiger partial charge is 0.231 e. The average molecular weight is 346 g/mol. The second-order valence-corrected chi connectivity index (χ2v) is 6.69. The lowest BCUT2D eigenvalue weighted by molar-refractivity contribution is 0.174. The Hall–Kier alpha value is -2.28. The molecule has 128 valence electrons. The molecule has 1 aliphatic rings. The maximum atomic E-state index is 5.40. The zero-order chi connectivity index (χ0) is 16.9. The quantitative estimate of drug-likeness (QED) is 0.644. The maximum absolute atomic E-state index is 5.40. The normalized spacial score (nSPS) is 13.4. The summed E-state index contributed by atoms with van der Waals surface area (Å²) >= 11 is 1.70. The summed E-state index contributed by atoms with van der Waals surface area (Å²) in [7, 11) is 1.76. The van der Waals surface area contributed by atoms with Crippen molar-refractivity contribution in [2.75, 3.05) is 13.8 Å². The SMILES string of the molecule is CN=C(NCc1ccc2c(c1)OCO2)NCc1csc(C(C)C)n1. The fourth-order valence-electron chi connectivity index (χ4n) is 2.30. The van der Waals surface area contributed by atoms with Gasteiger partial charge in [0.15, 0.2) is 17.5 Å². The van der Waals surface area contributed by atoms with E-state index in [0.717, 1.165) is 33.7 Å². The van der Waals surface area contributed by atoms with Crippen LogP contribution < -0.4 is 20.1 Å². The summed E-state index contributed by atoms with van der Waals surface area (Å²) in [6, 6.07) is 5.93. The number of ether oxygens (including phenoxy) is 2. The third-order valence-corrected chi connectivity index (χ3v) is 4.82. The number of nitrogens with zero attached hydrogens (tertiary/aromatic N) is 2. The van der Waals surface area contributed by atoms with E-state index in [1.54, 1.807) is 18.4 Å². The van der Waals surface area contributed by atoms with Gasteiger partial charge in [-0.1, -0.05) is 19.9 Å². The Bertz CT molecular complexity index is 727. The Balaban J connectivity index is 1.51. The summed E-state index contributed by atoms with van der Waals surface area (Å²) in [6.07, 6.45) is 0. The highest BCUT2D eigenvalue weighted by atomic mass is 32.1. The van der Waals surface area contributed by atoms with Crippen molar-refractivity contribution in [2.45, 2.75) is 32.9 Å². The number of fused-ring (bicyclic) bond motifs is 1. The fraction of sp³-hybridized carbons (Fsp3) is 0.412. The van der Waals surface area contributed by atoms with Crippen molar-refractivity contribution in [3.8, 4) is 11.5 Å². The molecule has 0 saturated heterocycles. The van der Waals surface area contributed by atoms with Crippen LogP contribution in [0.25, 0.3) is 0 Å². The van der Waals surface area contributed by atoms with Crippen molar-refractivity contribution in [1.82, 2.24) is 15.6 Å². The van der Waals surface area contributed by atoms with Crippen molar-refractivity contribution in [3.05, 3.63) is 39.8 Å². The Morgan fingerprint density at radius 3 is 2.79 bits per heavy atom. The highest BCUT2D eigenvalue weighted by Crippen LogP contribution is 2.32. The first kappa shape index (κ1) is 16.6. The molecule has 0 amide bonds. The molecule has 2 aromatic rings. The van der Waals surface area contributed by atoms with Gasteiger partial charge in [-0.05, 0) is 17.7 Å². The molecule has 0 unspecified atom stereocenters. The van der Waals surface area contributed by atoms with Crippen LogP contribution in [0.4, 0.5) is 0 Å². The number of guanidine groups is 1. The fourth-order valence-corrected chi connectivity index (χ4v) is 3.14. The van der Waals surface area contributed by atoms with Gasteiger partial charge in [-0.25, -0.2) is 4.98 Å². The summed E-state index contributed by atoms with van der Waals surface area (Å²) in [6.45, 7) is 5.92. The van der Waals surface area contributed by atoms with E-state index < -0.39 is 0 Å². The van der Waals surface area contributed by atoms with Crippen molar-refractivity contribution < 1.29 is 9.47 Å². The standard InChI is InChI=1S/C17H22N4O2S/c1-11(2)16-21-13(9-24-16)8-20-17(18-3)19-7-12-4-5-14-15(6-12)23-10-22-14/h4-6,9,11H,7-8,10H2,1-3H3,(H2,18,19,20). The van der Waals surface area contributed by atoms with Crippen molar-refractivity contribution in [1.29, 1.82) is 0 Å². The van der Waals surface area contributed by atoms with Crippen molar-refractivity contribution >= 4 is 17.3 Å². The van der Waals surface area contributed by atoms with Gasteiger partial charge in [-0.3, -0.25) is 4.99 Å². The molecular formula is C17H22N4O2S. The van der Waals surface area contributed by atoms with E-state index in [4.69, 9.17) is 9.47 Å². The number of thiazole rings is 1. The zero-order valence-electron chi connectivity index (χ0n) is 14.1. The molecule has 0 saturated carbocycles. The van der Waals surface area contributed by atoms with Crippen LogP contribution in [0.1, 0.15) is 36.0 Å². The van der Waals surface area contributed by atoms with Crippen molar-refractivity contribution in [2.24, 2.45) is 4.99 Å². The van der Waals surface area contributed by atoms with Crippen LogP contribution in [-0.4, -0.2) is 24.8 Å². The Morgan fingerprint density at radius 1 is 1.25 bits per heavy atom. The molecule has 24 heavy (non-hydrogen) atoms. The first-order valence-corrected chi connectivity index (χ1v) is 8.81. The number of benzene rings is 1. The number of aliphatic imine (C=N–C) groups is 1. The maximum Gasteiger partial charge on any atom is 0.231 e. The van der Waals surface area contributed by atoms with E-state index in [9.17, 15) is 0 Å². The number of nitrogens with one attached hydrogen (secondary N) is 2. The predicted octanol–water partition coefficient (Wildman–Crippen LogP) is 2.86. The molecule has 0 radical (unpaired) electrons. The van der Waals surface area contributed by atoms with Gasteiger partial charge < -0.3 is 20.1 Å². The van der Waals surface area contributed by atoms with E-state index in [2.05, 4.69) is 39.8 Å². The first-order valence-electron chi connectivity index (χ1n) is 7.93. The van der Waals surface area contributed by atoms with Gasteiger partial charge in [0.25, 0.3) is 0 Å². The molecule has 1 aliphatic heterocycles. The average Bonchev–Trinajstić information content (AvgIpc) is 3.23. The van der Waals surface area contributed by atoms with Crippen molar-refractivity contribution in [3.63, 3.8) is 0 Å². The van der Waals surface area contributed by atoms with Gasteiger partial charge in [0.1, 0.15) is 0 Å². The molecule has 1 aromatic heterocycles. The Labute approximate surface area is 145 Å². The minimum atomic E-state index is 0.293. The van der Waals surface area contributed by atoms with E-state index >= 15 is 0 Å². The molecule has 0 fully saturated rings. The van der Waals surface area contributed by atoms with E-state index in [1.165, 1.54) is 0 Å². The molecule has 6 nitrogen and oxygen atoms in total. The lowest BCUT2D eigenvalue weighted by Crippen LogP contribution is -2.36. The Kier molecular flexibility index (Phi) is 5.20. The highest BCUT2D eigenvalue weighted by molar-refractivity contribution is 7.09. The van der Waals surface area contributed by atoms with Gasteiger partial charge in [0, 0.05) is 24.9 Å². The number of hydrogen-bond acceptors (Lipinski definition) is 5. The van der Waals surface area contributed by atoms with E-state index in [0.29, 0.717) is 25.8 Å². The molecule has 2 heterocycles. The molecule has 0 bridgehead atoms. The minimum absolute atomic E-state index is 0.293. The molecule has 3 rings (SSSR count). The number of rotatable bonds is 5. The van der Waals surface area contributed by atoms with Gasteiger partial charge in [-0.15, -0.1) is 11.3 Å². The zero-order valence-corrected chi connectivity index (χ0v) is 14.9. The number of hydrogen-bond donors (Lipinski definition) is 2. The van der Waals surface area contributed by atoms with Crippen LogP contribution in [-0.2, 0) is 13.1 Å². The predicted molar refractivity (Wildman–Crippen MR) is 95.8 cm³/mol. The van der Waals surface area contributed by atoms with Gasteiger partial charge in [0.05, 0.1) is 17.2 Å².